The van der Waals surface area contributed by atoms with E-state index in [-0.39, 0.29) is 30.3 Å². The first-order chi connectivity index (χ1) is 11.2. The van der Waals surface area contributed by atoms with Crippen molar-refractivity contribution in [1.82, 2.24) is 14.8 Å². The van der Waals surface area contributed by atoms with Crippen LogP contribution in [0.4, 0.5) is 0 Å². The third kappa shape index (κ3) is 6.16. The quantitative estimate of drug-likeness (QED) is 0.704. The number of rotatable bonds is 9. The maximum Gasteiger partial charge on any atom is 0.305 e. The first-order valence-corrected chi connectivity index (χ1v) is 8.07. The van der Waals surface area contributed by atoms with Gasteiger partial charge >= 0.3 is 5.97 Å². The molecule has 7 heteroatoms. The number of nitrogens with zero attached hydrogens (tertiary/aromatic N) is 2. The van der Waals surface area contributed by atoms with Gasteiger partial charge in [0.25, 0.3) is 5.56 Å². The molecule has 0 fully saturated rings. The summed E-state index contributed by atoms with van der Waals surface area (Å²) in [5.41, 5.74) is 0.528. The Balaban J connectivity index is 3.13. The molecule has 1 amide bonds. The van der Waals surface area contributed by atoms with E-state index in [2.05, 4.69) is 5.32 Å². The molecule has 0 aliphatic rings. The number of aromatic nitrogens is 1. The highest BCUT2D eigenvalue weighted by molar-refractivity contribution is 5.81. The summed E-state index contributed by atoms with van der Waals surface area (Å²) < 4.78 is 1.52. The molecule has 0 radical (unpaired) electrons. The molecule has 0 saturated heterocycles. The number of carbonyl (C=O) groups excluding carboxylic acids is 1. The van der Waals surface area contributed by atoms with E-state index in [0.29, 0.717) is 13.0 Å². The number of carboxylic acid groups (broad SMARTS) is 1. The van der Waals surface area contributed by atoms with Crippen molar-refractivity contribution in [2.45, 2.75) is 39.3 Å². The first-order valence-electron chi connectivity index (χ1n) is 8.07. The molecular formula is C17H27N3O4. The molecule has 0 spiro atoms. The van der Waals surface area contributed by atoms with E-state index >= 15 is 0 Å². The molecule has 0 saturated carbocycles. The highest BCUT2D eigenvalue weighted by atomic mass is 16.4. The van der Waals surface area contributed by atoms with Crippen molar-refractivity contribution in [2.24, 2.45) is 5.92 Å². The average Bonchev–Trinajstić information content (AvgIpc) is 2.44. The highest BCUT2D eigenvalue weighted by Gasteiger charge is 2.24. The van der Waals surface area contributed by atoms with Crippen LogP contribution in [0.25, 0.3) is 0 Å². The Bertz CT molecular complexity index is 623. The van der Waals surface area contributed by atoms with Crippen LogP contribution in [0.3, 0.4) is 0 Å². The predicted octanol–water partition coefficient (Wildman–Crippen LogP) is 1.09. The van der Waals surface area contributed by atoms with Crippen molar-refractivity contribution < 1.29 is 14.7 Å². The molecule has 1 aromatic heterocycles. The normalized spacial score (nSPS) is 12.4. The molecule has 1 heterocycles. The van der Waals surface area contributed by atoms with Crippen LogP contribution in [0.15, 0.2) is 23.0 Å². The lowest BCUT2D eigenvalue weighted by atomic mass is 10.0. The van der Waals surface area contributed by atoms with Crippen LogP contribution in [-0.2, 0) is 16.1 Å². The lowest BCUT2D eigenvalue weighted by Gasteiger charge is -2.25. The third-order valence-corrected chi connectivity index (χ3v) is 3.50. The third-order valence-electron chi connectivity index (χ3n) is 3.50. The fraction of sp³-hybridized carbons (Fsp3) is 0.588. The summed E-state index contributed by atoms with van der Waals surface area (Å²) in [5.74, 6) is -1.08. The topological polar surface area (TPSA) is 91.6 Å². The summed E-state index contributed by atoms with van der Waals surface area (Å²) in [6.45, 7) is 4.55. The molecule has 2 N–H and O–H groups in total. The van der Waals surface area contributed by atoms with Crippen molar-refractivity contribution in [3.63, 3.8) is 0 Å². The molecule has 0 bridgehead atoms. The minimum Gasteiger partial charge on any atom is -0.481 e. The molecular weight excluding hydrogens is 310 g/mol. The second kappa shape index (κ2) is 9.22. The highest BCUT2D eigenvalue weighted by Crippen LogP contribution is 2.19. The Hall–Kier alpha value is -2.15. The molecule has 7 nitrogen and oxygen atoms in total. The minimum absolute atomic E-state index is 0.0490. The zero-order valence-corrected chi connectivity index (χ0v) is 14.8. The van der Waals surface area contributed by atoms with Crippen LogP contribution >= 0.6 is 0 Å². The molecule has 0 aliphatic heterocycles. The van der Waals surface area contributed by atoms with Gasteiger partial charge in [0.2, 0.25) is 5.91 Å². The zero-order chi connectivity index (χ0) is 18.3. The van der Waals surface area contributed by atoms with E-state index in [1.807, 2.05) is 38.9 Å². The summed E-state index contributed by atoms with van der Waals surface area (Å²) in [6.07, 6.45) is 0.359. The number of carbonyl (C=O) groups is 2. The molecule has 1 aromatic rings. The fourth-order valence-corrected chi connectivity index (χ4v) is 2.54. The molecule has 24 heavy (non-hydrogen) atoms. The smallest absolute Gasteiger partial charge is 0.305 e. The lowest BCUT2D eigenvalue weighted by Crippen LogP contribution is -2.40. The summed E-state index contributed by atoms with van der Waals surface area (Å²) in [7, 11) is 3.79. The van der Waals surface area contributed by atoms with Gasteiger partial charge in [0.15, 0.2) is 0 Å². The SMILES string of the molecule is CC(C)CC(C(=O)NCCC(=O)O)n1c(CN(C)C)cccc1=O. The average molecular weight is 337 g/mol. The monoisotopic (exact) mass is 337 g/mol. The molecule has 0 aliphatic carbocycles. The van der Waals surface area contributed by atoms with Crippen LogP contribution in [0, 0.1) is 5.92 Å². The van der Waals surface area contributed by atoms with E-state index in [9.17, 15) is 14.4 Å². The summed E-state index contributed by atoms with van der Waals surface area (Å²) in [6, 6.07) is 4.31. The Morgan fingerprint density at radius 3 is 2.50 bits per heavy atom. The minimum atomic E-state index is -0.971. The number of amides is 1. The Kier molecular flexibility index (Phi) is 7.64. The second-order valence-corrected chi connectivity index (χ2v) is 6.54. The second-order valence-electron chi connectivity index (χ2n) is 6.54. The largest absolute Gasteiger partial charge is 0.481 e. The van der Waals surface area contributed by atoms with Crippen molar-refractivity contribution in [3.8, 4) is 0 Å². The van der Waals surface area contributed by atoms with Crippen LogP contribution in [0.2, 0.25) is 0 Å². The summed E-state index contributed by atoms with van der Waals surface area (Å²) >= 11 is 0. The molecule has 0 aromatic carbocycles. The first kappa shape index (κ1) is 19.9. The van der Waals surface area contributed by atoms with Crippen molar-refractivity contribution >= 4 is 11.9 Å². The standard InChI is InChI=1S/C17H27N3O4/c1-12(2)10-14(17(24)18-9-8-16(22)23)20-13(11-19(3)4)6-5-7-15(20)21/h5-7,12,14H,8-11H2,1-4H3,(H,18,24)(H,22,23). The van der Waals surface area contributed by atoms with Crippen LogP contribution in [-0.4, -0.2) is 47.1 Å². The van der Waals surface area contributed by atoms with Crippen LogP contribution in [0.5, 0.6) is 0 Å². The van der Waals surface area contributed by atoms with Crippen molar-refractivity contribution in [3.05, 3.63) is 34.2 Å². The molecule has 1 unspecified atom stereocenters. The number of nitrogens with one attached hydrogen (secondary N) is 1. The van der Waals surface area contributed by atoms with Gasteiger partial charge < -0.3 is 15.3 Å². The Morgan fingerprint density at radius 2 is 1.96 bits per heavy atom. The number of hydrogen-bond acceptors (Lipinski definition) is 4. The fourth-order valence-electron chi connectivity index (χ4n) is 2.54. The van der Waals surface area contributed by atoms with E-state index in [1.165, 1.54) is 10.6 Å². The van der Waals surface area contributed by atoms with Gasteiger partial charge in [-0.1, -0.05) is 19.9 Å². The number of hydrogen-bond donors (Lipinski definition) is 2. The number of aliphatic carboxylic acids is 1. The molecule has 1 atom stereocenters. The Morgan fingerprint density at radius 1 is 1.29 bits per heavy atom. The number of pyridine rings is 1. The lowest BCUT2D eigenvalue weighted by molar-refractivity contribution is -0.137. The maximum atomic E-state index is 12.6. The summed E-state index contributed by atoms with van der Waals surface area (Å²) in [5, 5.41) is 11.3. The summed E-state index contributed by atoms with van der Waals surface area (Å²) in [4.78, 5) is 37.5. The predicted molar refractivity (Wildman–Crippen MR) is 91.8 cm³/mol. The van der Waals surface area contributed by atoms with Gasteiger partial charge in [-0.15, -0.1) is 0 Å². The van der Waals surface area contributed by atoms with Crippen molar-refractivity contribution in [2.75, 3.05) is 20.6 Å². The van der Waals surface area contributed by atoms with Gasteiger partial charge in [-0.05, 0) is 32.5 Å². The zero-order valence-electron chi connectivity index (χ0n) is 14.8. The Labute approximate surface area is 142 Å². The van der Waals surface area contributed by atoms with Gasteiger partial charge in [-0.25, -0.2) is 0 Å². The maximum absolute atomic E-state index is 12.6. The van der Waals surface area contributed by atoms with Gasteiger partial charge in [0.1, 0.15) is 6.04 Å². The van der Waals surface area contributed by atoms with E-state index < -0.39 is 12.0 Å². The van der Waals surface area contributed by atoms with Gasteiger partial charge in [0, 0.05) is 24.8 Å². The van der Waals surface area contributed by atoms with Gasteiger partial charge in [-0.2, -0.15) is 0 Å². The van der Waals surface area contributed by atoms with Crippen molar-refractivity contribution in [1.29, 1.82) is 0 Å². The van der Waals surface area contributed by atoms with Crippen LogP contribution < -0.4 is 10.9 Å². The molecule has 134 valence electrons. The molecule has 1 rings (SSSR count). The van der Waals surface area contributed by atoms with Gasteiger partial charge in [0.05, 0.1) is 6.42 Å². The van der Waals surface area contributed by atoms with E-state index in [1.54, 1.807) is 6.07 Å². The number of carboxylic acids is 1. The van der Waals surface area contributed by atoms with E-state index in [0.717, 1.165) is 5.69 Å². The van der Waals surface area contributed by atoms with Gasteiger partial charge in [-0.3, -0.25) is 19.0 Å². The van der Waals surface area contributed by atoms with E-state index in [4.69, 9.17) is 5.11 Å². The van der Waals surface area contributed by atoms with Crippen LogP contribution in [0.1, 0.15) is 38.4 Å².